The third kappa shape index (κ3) is 2.99. The van der Waals surface area contributed by atoms with Gasteiger partial charge in [-0.3, -0.25) is 0 Å². The van der Waals surface area contributed by atoms with Crippen molar-refractivity contribution in [3.63, 3.8) is 0 Å². The van der Waals surface area contributed by atoms with E-state index in [2.05, 4.69) is 4.98 Å². The molecule has 0 aliphatic rings. The molecule has 5 heteroatoms. The highest BCUT2D eigenvalue weighted by atomic mass is 19.1. The van der Waals surface area contributed by atoms with Gasteiger partial charge >= 0.3 is 5.97 Å². The van der Waals surface area contributed by atoms with Gasteiger partial charge in [0.1, 0.15) is 11.6 Å². The molecule has 2 aromatic carbocycles. The molecule has 0 unspecified atom stereocenters. The summed E-state index contributed by atoms with van der Waals surface area (Å²) in [5.41, 5.74) is 1.83. The molecule has 0 saturated heterocycles. The number of hydrogen-bond donors (Lipinski definition) is 1. The summed E-state index contributed by atoms with van der Waals surface area (Å²) in [5, 5.41) is 10.00. The van der Waals surface area contributed by atoms with Gasteiger partial charge in [-0.15, -0.1) is 0 Å². The van der Waals surface area contributed by atoms with E-state index >= 15 is 0 Å². The molecule has 0 aliphatic carbocycles. The Morgan fingerprint density at radius 1 is 1.17 bits per heavy atom. The van der Waals surface area contributed by atoms with E-state index in [1.165, 1.54) is 18.2 Å². The molecule has 116 valence electrons. The van der Waals surface area contributed by atoms with Crippen LogP contribution in [0.3, 0.4) is 0 Å². The molecule has 1 heterocycles. The zero-order chi connectivity index (χ0) is 16.4. The molecule has 0 bridgehead atoms. The first-order valence-electron chi connectivity index (χ1n) is 7.15. The first kappa shape index (κ1) is 15.0. The molecule has 1 aromatic heterocycles. The Labute approximate surface area is 132 Å². The maximum Gasteiger partial charge on any atom is 0.336 e. The summed E-state index contributed by atoms with van der Waals surface area (Å²) in [4.78, 5) is 16.1. The Hall–Kier alpha value is -2.95. The third-order valence-corrected chi connectivity index (χ3v) is 3.46. The number of pyridine rings is 1. The van der Waals surface area contributed by atoms with Crippen LogP contribution >= 0.6 is 0 Å². The highest BCUT2D eigenvalue weighted by molar-refractivity contribution is 6.04. The largest absolute Gasteiger partial charge is 0.494 e. The predicted octanol–water partition coefficient (Wildman–Crippen LogP) is 4.14. The number of fused-ring (bicyclic) bond motifs is 1. The van der Waals surface area contributed by atoms with E-state index in [1.807, 2.05) is 6.92 Å². The van der Waals surface area contributed by atoms with E-state index in [1.54, 1.807) is 30.3 Å². The summed E-state index contributed by atoms with van der Waals surface area (Å²) < 4.78 is 18.5. The van der Waals surface area contributed by atoms with Crippen LogP contribution in [0.1, 0.15) is 17.3 Å². The SMILES string of the molecule is CCOc1ccc2nc(-c3ccc(F)cc3)cc(C(=O)O)c2c1. The van der Waals surface area contributed by atoms with Gasteiger partial charge in [-0.1, -0.05) is 0 Å². The molecule has 0 saturated carbocycles. The third-order valence-electron chi connectivity index (χ3n) is 3.46. The Morgan fingerprint density at radius 2 is 1.91 bits per heavy atom. The van der Waals surface area contributed by atoms with Gasteiger partial charge in [0.25, 0.3) is 0 Å². The molecule has 0 aliphatic heterocycles. The number of aromatic nitrogens is 1. The number of halogens is 1. The van der Waals surface area contributed by atoms with Gasteiger partial charge in [0, 0.05) is 10.9 Å². The predicted molar refractivity (Wildman–Crippen MR) is 85.3 cm³/mol. The summed E-state index contributed by atoms with van der Waals surface area (Å²) in [6.45, 7) is 2.35. The highest BCUT2D eigenvalue weighted by Crippen LogP contribution is 2.28. The number of rotatable bonds is 4. The first-order valence-corrected chi connectivity index (χ1v) is 7.15. The minimum Gasteiger partial charge on any atom is -0.494 e. The van der Waals surface area contributed by atoms with Gasteiger partial charge in [-0.05, 0) is 55.5 Å². The zero-order valence-corrected chi connectivity index (χ0v) is 12.4. The minimum absolute atomic E-state index is 0.135. The van der Waals surface area contributed by atoms with Crippen LogP contribution in [0.25, 0.3) is 22.2 Å². The van der Waals surface area contributed by atoms with E-state index in [0.29, 0.717) is 34.5 Å². The number of nitrogens with zero attached hydrogens (tertiary/aromatic N) is 1. The monoisotopic (exact) mass is 311 g/mol. The maximum absolute atomic E-state index is 13.1. The Morgan fingerprint density at radius 3 is 2.57 bits per heavy atom. The summed E-state index contributed by atoms with van der Waals surface area (Å²) in [6, 6.07) is 12.4. The second-order valence-corrected chi connectivity index (χ2v) is 4.98. The van der Waals surface area contributed by atoms with Crippen LogP contribution in [0.15, 0.2) is 48.5 Å². The van der Waals surface area contributed by atoms with E-state index in [9.17, 15) is 14.3 Å². The molecular weight excluding hydrogens is 297 g/mol. The zero-order valence-electron chi connectivity index (χ0n) is 12.4. The van der Waals surface area contributed by atoms with Crippen molar-refractivity contribution in [2.75, 3.05) is 6.61 Å². The van der Waals surface area contributed by atoms with Gasteiger partial charge in [-0.25, -0.2) is 14.2 Å². The topological polar surface area (TPSA) is 59.4 Å². The lowest BCUT2D eigenvalue weighted by Crippen LogP contribution is -2.01. The van der Waals surface area contributed by atoms with Crippen LogP contribution in [0.2, 0.25) is 0 Å². The maximum atomic E-state index is 13.1. The lowest BCUT2D eigenvalue weighted by atomic mass is 10.0. The van der Waals surface area contributed by atoms with E-state index in [4.69, 9.17) is 4.74 Å². The summed E-state index contributed by atoms with van der Waals surface area (Å²) in [5.74, 6) is -0.803. The summed E-state index contributed by atoms with van der Waals surface area (Å²) in [7, 11) is 0. The summed E-state index contributed by atoms with van der Waals surface area (Å²) in [6.07, 6.45) is 0. The number of ether oxygens (including phenoxy) is 1. The van der Waals surface area contributed by atoms with Crippen LogP contribution in [0.4, 0.5) is 4.39 Å². The Kier molecular flexibility index (Phi) is 3.93. The van der Waals surface area contributed by atoms with Crippen molar-refractivity contribution in [3.05, 3.63) is 59.9 Å². The first-order chi connectivity index (χ1) is 11.1. The number of benzene rings is 2. The highest BCUT2D eigenvalue weighted by Gasteiger charge is 2.14. The number of aromatic carboxylic acids is 1. The van der Waals surface area contributed by atoms with Crippen LogP contribution in [0, 0.1) is 5.82 Å². The molecule has 4 nitrogen and oxygen atoms in total. The normalized spacial score (nSPS) is 10.7. The standard InChI is InChI=1S/C18H14FNO3/c1-2-23-13-7-8-16-14(9-13)15(18(21)22)10-17(20-16)11-3-5-12(19)6-4-11/h3-10H,2H2,1H3,(H,21,22). The van der Waals surface area contributed by atoms with Crippen molar-refractivity contribution >= 4 is 16.9 Å². The van der Waals surface area contributed by atoms with Gasteiger partial charge in [0.05, 0.1) is 23.4 Å². The lowest BCUT2D eigenvalue weighted by Gasteiger charge is -2.09. The summed E-state index contributed by atoms with van der Waals surface area (Å²) >= 11 is 0. The number of carboxylic acids is 1. The molecule has 3 aromatic rings. The van der Waals surface area contributed by atoms with Crippen LogP contribution < -0.4 is 4.74 Å². The van der Waals surface area contributed by atoms with Crippen LogP contribution in [0.5, 0.6) is 5.75 Å². The average Bonchev–Trinajstić information content (AvgIpc) is 2.54. The quantitative estimate of drug-likeness (QED) is 0.786. The molecule has 0 amide bonds. The molecule has 3 rings (SSSR count). The van der Waals surface area contributed by atoms with Gasteiger partial charge in [0.15, 0.2) is 0 Å². The van der Waals surface area contributed by atoms with Gasteiger partial charge < -0.3 is 9.84 Å². The molecule has 0 atom stereocenters. The van der Waals surface area contributed by atoms with Crippen molar-refractivity contribution in [3.8, 4) is 17.0 Å². The van der Waals surface area contributed by atoms with Gasteiger partial charge in [0.2, 0.25) is 0 Å². The van der Waals surface area contributed by atoms with Crippen LogP contribution in [-0.2, 0) is 0 Å². The van der Waals surface area contributed by atoms with Crippen molar-refractivity contribution in [2.45, 2.75) is 6.92 Å². The van der Waals surface area contributed by atoms with Crippen molar-refractivity contribution < 1.29 is 19.0 Å². The molecule has 0 radical (unpaired) electrons. The number of carboxylic acid groups (broad SMARTS) is 1. The van der Waals surface area contributed by atoms with E-state index < -0.39 is 5.97 Å². The molecule has 23 heavy (non-hydrogen) atoms. The molecule has 1 N–H and O–H groups in total. The van der Waals surface area contributed by atoms with E-state index in [-0.39, 0.29) is 11.4 Å². The van der Waals surface area contributed by atoms with Crippen LogP contribution in [-0.4, -0.2) is 22.7 Å². The van der Waals surface area contributed by atoms with E-state index in [0.717, 1.165) is 0 Å². The fourth-order valence-electron chi connectivity index (χ4n) is 2.41. The molecular formula is C18H14FNO3. The number of hydrogen-bond acceptors (Lipinski definition) is 3. The van der Waals surface area contributed by atoms with Gasteiger partial charge in [-0.2, -0.15) is 0 Å². The minimum atomic E-state index is -1.05. The fraction of sp³-hybridized carbons (Fsp3) is 0.111. The van der Waals surface area contributed by atoms with Crippen molar-refractivity contribution in [1.29, 1.82) is 0 Å². The fourth-order valence-corrected chi connectivity index (χ4v) is 2.41. The Balaban J connectivity index is 2.20. The second-order valence-electron chi connectivity index (χ2n) is 4.98. The lowest BCUT2D eigenvalue weighted by molar-refractivity contribution is 0.0699. The second kappa shape index (κ2) is 6.04. The smallest absolute Gasteiger partial charge is 0.336 e. The average molecular weight is 311 g/mol. The van der Waals surface area contributed by atoms with Crippen molar-refractivity contribution in [2.24, 2.45) is 0 Å². The molecule has 0 fully saturated rings. The molecule has 0 spiro atoms. The Bertz CT molecular complexity index is 875. The van der Waals surface area contributed by atoms with Crippen molar-refractivity contribution in [1.82, 2.24) is 4.98 Å². The number of carbonyl (C=O) groups is 1.